The fourth-order valence-electron chi connectivity index (χ4n) is 6.92. The molecule has 0 N–H and O–H groups in total. The van der Waals surface area contributed by atoms with Crippen LogP contribution in [-0.2, 0) is 5.41 Å². The first-order valence-corrected chi connectivity index (χ1v) is 14.0. The highest BCUT2D eigenvalue weighted by Crippen LogP contribution is 2.62. The Labute approximate surface area is 229 Å². The van der Waals surface area contributed by atoms with Crippen LogP contribution in [0.1, 0.15) is 22.3 Å². The summed E-state index contributed by atoms with van der Waals surface area (Å²) >= 11 is 1.87. The Morgan fingerprint density at radius 2 is 1.08 bits per heavy atom. The molecular formula is C35H21N3S. The molecule has 0 saturated carbocycles. The molecule has 0 radical (unpaired) electrons. The molecule has 4 aromatic carbocycles. The number of nitrogens with zero attached hydrogens (tertiary/aromatic N) is 3. The first-order valence-electron chi connectivity index (χ1n) is 13.2. The van der Waals surface area contributed by atoms with Gasteiger partial charge in [0.25, 0.3) is 0 Å². The van der Waals surface area contributed by atoms with E-state index in [2.05, 4.69) is 120 Å². The van der Waals surface area contributed by atoms with Gasteiger partial charge in [-0.2, -0.15) is 0 Å². The van der Waals surface area contributed by atoms with Crippen molar-refractivity contribution in [2.75, 3.05) is 0 Å². The Kier molecular flexibility index (Phi) is 4.19. The normalized spacial score (nSPS) is 14.3. The Balaban J connectivity index is 1.46. The summed E-state index contributed by atoms with van der Waals surface area (Å²) in [5.41, 5.74) is 10.1. The number of hydrogen-bond donors (Lipinski definition) is 0. The second kappa shape index (κ2) is 7.68. The molecular weight excluding hydrogens is 494 g/mol. The molecule has 4 heteroatoms. The number of rotatable bonds is 1. The van der Waals surface area contributed by atoms with Crippen LogP contribution in [0.4, 0.5) is 0 Å². The van der Waals surface area contributed by atoms with Gasteiger partial charge in [-0.1, -0.05) is 90.6 Å². The van der Waals surface area contributed by atoms with Gasteiger partial charge in [0.15, 0.2) is 0 Å². The van der Waals surface area contributed by atoms with E-state index in [4.69, 9.17) is 9.97 Å². The molecule has 1 spiro atoms. The molecule has 4 heterocycles. The second-order valence-electron chi connectivity index (χ2n) is 10.2. The van der Waals surface area contributed by atoms with E-state index in [-0.39, 0.29) is 0 Å². The van der Waals surface area contributed by atoms with E-state index in [9.17, 15) is 0 Å². The van der Waals surface area contributed by atoms with Crippen molar-refractivity contribution in [3.05, 3.63) is 150 Å². The zero-order chi connectivity index (χ0) is 25.6. The van der Waals surface area contributed by atoms with Crippen LogP contribution in [0.2, 0.25) is 0 Å². The number of fused-ring (bicyclic) bond motifs is 12. The number of hydrogen-bond acceptors (Lipinski definition) is 3. The van der Waals surface area contributed by atoms with E-state index >= 15 is 0 Å². The first-order chi connectivity index (χ1) is 19.4. The minimum Gasteiger partial charge on any atom is -0.308 e. The lowest BCUT2D eigenvalue weighted by Gasteiger charge is -2.39. The van der Waals surface area contributed by atoms with Crippen molar-refractivity contribution in [2.45, 2.75) is 15.2 Å². The van der Waals surface area contributed by atoms with Gasteiger partial charge in [-0.3, -0.25) is 9.97 Å². The fourth-order valence-corrected chi connectivity index (χ4v) is 8.22. The SMILES string of the molecule is c1ccc2c(c1)Sc1c(-n3c4ccccc4c4ccccc43)cccc1C21c2cccnc2-c2ncccc21. The van der Waals surface area contributed by atoms with Crippen molar-refractivity contribution in [3.8, 4) is 17.1 Å². The van der Waals surface area contributed by atoms with Gasteiger partial charge in [0.2, 0.25) is 0 Å². The minimum atomic E-state index is -0.487. The standard InChI is InChI=1S/C35H21N3S/c1-4-16-28-22(10-1)23-11-2-5-17-29(23)38(28)30-18-7-13-27-34(30)39-31-19-6-3-12-24(31)35(27)25-14-8-20-36-32(25)33-26(35)15-9-21-37-33/h1-21H. The molecule has 0 saturated heterocycles. The van der Waals surface area contributed by atoms with Crippen LogP contribution in [-0.4, -0.2) is 14.5 Å². The van der Waals surface area contributed by atoms with Crippen molar-refractivity contribution in [2.24, 2.45) is 0 Å². The number of para-hydroxylation sites is 2. The molecule has 0 unspecified atom stereocenters. The Morgan fingerprint density at radius 1 is 0.513 bits per heavy atom. The molecule has 0 atom stereocenters. The predicted octanol–water partition coefficient (Wildman–Crippen LogP) is 8.40. The van der Waals surface area contributed by atoms with Gasteiger partial charge in [-0.05, 0) is 58.7 Å². The maximum absolute atomic E-state index is 4.88. The molecule has 7 aromatic rings. The van der Waals surface area contributed by atoms with Gasteiger partial charge in [0, 0.05) is 33.0 Å². The summed E-state index contributed by atoms with van der Waals surface area (Å²) in [5.74, 6) is 0. The summed E-state index contributed by atoms with van der Waals surface area (Å²) in [5, 5.41) is 2.54. The molecule has 0 bridgehead atoms. The van der Waals surface area contributed by atoms with E-state index in [0.717, 1.165) is 11.4 Å². The van der Waals surface area contributed by atoms with Gasteiger partial charge in [0.05, 0.1) is 33.5 Å². The molecule has 39 heavy (non-hydrogen) atoms. The van der Waals surface area contributed by atoms with Gasteiger partial charge < -0.3 is 4.57 Å². The molecule has 0 amide bonds. The lowest BCUT2D eigenvalue weighted by Crippen LogP contribution is -2.32. The van der Waals surface area contributed by atoms with E-state index in [1.165, 1.54) is 59.5 Å². The van der Waals surface area contributed by atoms with Crippen LogP contribution in [0.25, 0.3) is 38.9 Å². The van der Waals surface area contributed by atoms with Crippen molar-refractivity contribution >= 4 is 33.6 Å². The molecule has 182 valence electrons. The van der Waals surface area contributed by atoms with Gasteiger partial charge in [-0.25, -0.2) is 0 Å². The molecule has 9 rings (SSSR count). The quantitative estimate of drug-likeness (QED) is 0.220. The first kappa shape index (κ1) is 21.3. The van der Waals surface area contributed by atoms with Crippen LogP contribution in [0.5, 0.6) is 0 Å². The van der Waals surface area contributed by atoms with Crippen LogP contribution in [0.3, 0.4) is 0 Å². The molecule has 1 aliphatic heterocycles. The number of pyridine rings is 2. The average molecular weight is 516 g/mol. The molecule has 3 aromatic heterocycles. The van der Waals surface area contributed by atoms with Gasteiger partial charge >= 0.3 is 0 Å². The Hall–Kier alpha value is -4.67. The molecule has 1 aliphatic carbocycles. The maximum atomic E-state index is 4.88. The monoisotopic (exact) mass is 515 g/mol. The van der Waals surface area contributed by atoms with Crippen molar-refractivity contribution < 1.29 is 0 Å². The highest BCUT2D eigenvalue weighted by Gasteiger charge is 2.51. The zero-order valence-corrected chi connectivity index (χ0v) is 21.7. The molecule has 2 aliphatic rings. The van der Waals surface area contributed by atoms with Gasteiger partial charge in [0.1, 0.15) is 0 Å². The van der Waals surface area contributed by atoms with E-state index in [0.29, 0.717) is 0 Å². The van der Waals surface area contributed by atoms with Crippen LogP contribution in [0, 0.1) is 0 Å². The number of aromatic nitrogens is 3. The predicted molar refractivity (Wildman–Crippen MR) is 158 cm³/mol. The lowest BCUT2D eigenvalue weighted by molar-refractivity contribution is 0.717. The number of benzene rings is 4. The third kappa shape index (κ3) is 2.59. The van der Waals surface area contributed by atoms with E-state index in [1.807, 2.05) is 24.2 Å². The summed E-state index contributed by atoms with van der Waals surface area (Å²) in [7, 11) is 0. The van der Waals surface area contributed by atoms with Crippen molar-refractivity contribution in [1.82, 2.24) is 14.5 Å². The van der Waals surface area contributed by atoms with Gasteiger partial charge in [-0.15, -0.1) is 0 Å². The summed E-state index contributed by atoms with van der Waals surface area (Å²) in [6.07, 6.45) is 3.77. The lowest BCUT2D eigenvalue weighted by atomic mass is 9.67. The minimum absolute atomic E-state index is 0.487. The summed E-state index contributed by atoms with van der Waals surface area (Å²) in [4.78, 5) is 12.3. The van der Waals surface area contributed by atoms with Crippen molar-refractivity contribution in [1.29, 1.82) is 0 Å². The average Bonchev–Trinajstić information content (AvgIpc) is 3.49. The third-order valence-electron chi connectivity index (χ3n) is 8.37. The summed E-state index contributed by atoms with van der Waals surface area (Å²) in [6, 6.07) is 41.7. The smallest absolute Gasteiger partial charge is 0.0937 e. The summed E-state index contributed by atoms with van der Waals surface area (Å²) in [6.45, 7) is 0. The van der Waals surface area contributed by atoms with E-state index < -0.39 is 5.41 Å². The highest BCUT2D eigenvalue weighted by molar-refractivity contribution is 7.99. The Bertz CT molecular complexity index is 2020. The largest absolute Gasteiger partial charge is 0.308 e. The third-order valence-corrected chi connectivity index (χ3v) is 9.58. The fraction of sp³-hybridized carbons (Fsp3) is 0.0286. The van der Waals surface area contributed by atoms with E-state index in [1.54, 1.807) is 0 Å². The van der Waals surface area contributed by atoms with Crippen LogP contribution < -0.4 is 0 Å². The topological polar surface area (TPSA) is 30.7 Å². The molecule has 0 fully saturated rings. The highest BCUT2D eigenvalue weighted by atomic mass is 32.2. The Morgan fingerprint density at radius 3 is 1.77 bits per heavy atom. The van der Waals surface area contributed by atoms with Crippen LogP contribution >= 0.6 is 11.8 Å². The summed E-state index contributed by atoms with van der Waals surface area (Å²) < 4.78 is 2.45. The van der Waals surface area contributed by atoms with Crippen LogP contribution in [0.15, 0.2) is 137 Å². The maximum Gasteiger partial charge on any atom is 0.0937 e. The second-order valence-corrected chi connectivity index (χ2v) is 11.2. The van der Waals surface area contributed by atoms with Crippen molar-refractivity contribution in [3.63, 3.8) is 0 Å². The zero-order valence-electron chi connectivity index (χ0n) is 20.9. The molecule has 3 nitrogen and oxygen atoms in total.